The summed E-state index contributed by atoms with van der Waals surface area (Å²) in [5, 5.41) is 0. The fourth-order valence-corrected chi connectivity index (χ4v) is 1.54. The lowest BCUT2D eigenvalue weighted by Gasteiger charge is -2.07. The van der Waals surface area contributed by atoms with E-state index in [1.807, 2.05) is 0 Å². The van der Waals surface area contributed by atoms with Crippen LogP contribution in [0.5, 0.6) is 5.75 Å². The lowest BCUT2D eigenvalue weighted by atomic mass is 10.2. The minimum atomic E-state index is -0.522. The predicted octanol–water partition coefficient (Wildman–Crippen LogP) is 2.53. The summed E-state index contributed by atoms with van der Waals surface area (Å²) in [5.41, 5.74) is 6.73. The van der Waals surface area contributed by atoms with Gasteiger partial charge >= 0.3 is 5.97 Å². The minimum Gasteiger partial charge on any atom is -0.482 e. The van der Waals surface area contributed by atoms with Crippen molar-refractivity contribution in [3.63, 3.8) is 0 Å². The molecule has 0 radical (unpaired) electrons. The highest BCUT2D eigenvalue weighted by Gasteiger charge is 2.05. The number of halogens is 1. The van der Waals surface area contributed by atoms with Crippen LogP contribution >= 0.6 is 0 Å². The number of nitrogens with two attached hydrogens (primary N) is 1. The SMILES string of the molecule is Nc1ccc(OCC(=O)OCc2cccc(F)c2)cc1. The average Bonchev–Trinajstić information content (AvgIpc) is 2.45. The lowest BCUT2D eigenvalue weighted by molar-refractivity contribution is -0.147. The number of anilines is 1. The van der Waals surface area contributed by atoms with Crippen molar-refractivity contribution in [2.45, 2.75) is 6.61 Å². The zero-order valence-electron chi connectivity index (χ0n) is 10.7. The molecule has 0 aromatic heterocycles. The van der Waals surface area contributed by atoms with Crippen LogP contribution in [0.2, 0.25) is 0 Å². The van der Waals surface area contributed by atoms with Gasteiger partial charge in [0.25, 0.3) is 0 Å². The largest absolute Gasteiger partial charge is 0.482 e. The second-order valence-corrected chi connectivity index (χ2v) is 4.15. The van der Waals surface area contributed by atoms with Crippen molar-refractivity contribution >= 4 is 11.7 Å². The fourth-order valence-electron chi connectivity index (χ4n) is 1.54. The summed E-state index contributed by atoms with van der Waals surface area (Å²) in [4.78, 5) is 11.5. The Labute approximate surface area is 115 Å². The molecule has 0 unspecified atom stereocenters. The van der Waals surface area contributed by atoms with Gasteiger partial charge in [0, 0.05) is 5.69 Å². The third kappa shape index (κ3) is 4.28. The Morgan fingerprint density at radius 2 is 1.90 bits per heavy atom. The second-order valence-electron chi connectivity index (χ2n) is 4.15. The summed E-state index contributed by atoms with van der Waals surface area (Å²) in [6.07, 6.45) is 0. The molecule has 0 saturated carbocycles. The van der Waals surface area contributed by atoms with Crippen LogP contribution in [0.15, 0.2) is 48.5 Å². The number of carbonyl (C=O) groups excluding carboxylic acids is 1. The van der Waals surface area contributed by atoms with Gasteiger partial charge in [0.15, 0.2) is 6.61 Å². The summed E-state index contributed by atoms with van der Waals surface area (Å²) in [7, 11) is 0. The van der Waals surface area contributed by atoms with Gasteiger partial charge in [-0.15, -0.1) is 0 Å². The molecule has 0 aliphatic heterocycles. The molecule has 5 heteroatoms. The van der Waals surface area contributed by atoms with Crippen LogP contribution in [0.1, 0.15) is 5.56 Å². The molecule has 2 N–H and O–H groups in total. The molecular weight excluding hydrogens is 261 g/mol. The van der Waals surface area contributed by atoms with E-state index >= 15 is 0 Å². The zero-order chi connectivity index (χ0) is 14.4. The van der Waals surface area contributed by atoms with Crippen LogP contribution in [-0.4, -0.2) is 12.6 Å². The maximum Gasteiger partial charge on any atom is 0.344 e. The Morgan fingerprint density at radius 3 is 2.60 bits per heavy atom. The Balaban J connectivity index is 1.77. The number of ether oxygens (including phenoxy) is 2. The van der Waals surface area contributed by atoms with Crippen molar-refractivity contribution in [3.8, 4) is 5.75 Å². The standard InChI is InChI=1S/C15H14FNO3/c16-12-3-1-2-11(8-12)9-20-15(18)10-19-14-6-4-13(17)5-7-14/h1-8H,9-10,17H2. The molecule has 0 saturated heterocycles. The molecule has 104 valence electrons. The van der Waals surface area contributed by atoms with E-state index in [1.54, 1.807) is 36.4 Å². The van der Waals surface area contributed by atoms with Gasteiger partial charge in [-0.05, 0) is 42.0 Å². The second kappa shape index (κ2) is 6.56. The van der Waals surface area contributed by atoms with Crippen molar-refractivity contribution < 1.29 is 18.7 Å². The van der Waals surface area contributed by atoms with Crippen molar-refractivity contribution in [2.75, 3.05) is 12.3 Å². The number of benzene rings is 2. The molecule has 0 aliphatic carbocycles. The molecule has 2 aromatic carbocycles. The van der Waals surface area contributed by atoms with Crippen LogP contribution in [0.3, 0.4) is 0 Å². The Kier molecular flexibility index (Phi) is 4.55. The van der Waals surface area contributed by atoms with E-state index in [1.165, 1.54) is 12.1 Å². The van der Waals surface area contributed by atoms with Crippen molar-refractivity contribution in [3.05, 3.63) is 59.9 Å². The normalized spacial score (nSPS) is 10.1. The third-order valence-corrected chi connectivity index (χ3v) is 2.53. The summed E-state index contributed by atoms with van der Waals surface area (Å²) < 4.78 is 23.1. The number of nitrogen functional groups attached to an aromatic ring is 1. The van der Waals surface area contributed by atoms with Crippen LogP contribution in [0.4, 0.5) is 10.1 Å². The molecule has 0 amide bonds. The molecule has 2 aromatic rings. The van der Waals surface area contributed by atoms with Crippen LogP contribution in [-0.2, 0) is 16.1 Å². The first kappa shape index (κ1) is 13.9. The van der Waals surface area contributed by atoms with E-state index in [0.29, 0.717) is 17.0 Å². The molecule has 0 heterocycles. The smallest absolute Gasteiger partial charge is 0.344 e. The van der Waals surface area contributed by atoms with Gasteiger partial charge in [0.05, 0.1) is 0 Å². The first-order valence-electron chi connectivity index (χ1n) is 6.02. The van der Waals surface area contributed by atoms with Gasteiger partial charge in [-0.1, -0.05) is 12.1 Å². The maximum atomic E-state index is 12.9. The van der Waals surface area contributed by atoms with Gasteiger partial charge in [-0.25, -0.2) is 9.18 Å². The first-order valence-corrected chi connectivity index (χ1v) is 6.02. The van der Waals surface area contributed by atoms with Crippen molar-refractivity contribution in [1.82, 2.24) is 0 Å². The number of hydrogen-bond donors (Lipinski definition) is 1. The third-order valence-electron chi connectivity index (χ3n) is 2.53. The van der Waals surface area contributed by atoms with Gasteiger partial charge in [-0.3, -0.25) is 0 Å². The average molecular weight is 275 g/mol. The van der Waals surface area contributed by atoms with E-state index in [4.69, 9.17) is 15.2 Å². The Morgan fingerprint density at radius 1 is 1.15 bits per heavy atom. The number of rotatable bonds is 5. The van der Waals surface area contributed by atoms with Crippen molar-refractivity contribution in [1.29, 1.82) is 0 Å². The predicted molar refractivity (Wildman–Crippen MR) is 72.5 cm³/mol. The molecule has 0 bridgehead atoms. The highest BCUT2D eigenvalue weighted by molar-refractivity contribution is 5.71. The van der Waals surface area contributed by atoms with Crippen LogP contribution in [0, 0.1) is 5.82 Å². The van der Waals surface area contributed by atoms with Gasteiger partial charge in [0.2, 0.25) is 0 Å². The van der Waals surface area contributed by atoms with E-state index in [-0.39, 0.29) is 19.0 Å². The van der Waals surface area contributed by atoms with Gasteiger partial charge in [0.1, 0.15) is 18.2 Å². The van der Waals surface area contributed by atoms with E-state index in [9.17, 15) is 9.18 Å². The molecule has 0 aliphatic rings. The molecule has 0 spiro atoms. The first-order chi connectivity index (χ1) is 9.63. The molecule has 2 rings (SSSR count). The minimum absolute atomic E-state index is 0.0156. The topological polar surface area (TPSA) is 61.5 Å². The molecule has 0 atom stereocenters. The number of carbonyl (C=O) groups is 1. The lowest BCUT2D eigenvalue weighted by Crippen LogP contribution is -2.14. The summed E-state index contributed by atoms with van der Waals surface area (Å²) >= 11 is 0. The molecule has 0 fully saturated rings. The molecule has 20 heavy (non-hydrogen) atoms. The summed E-state index contributed by atoms with van der Waals surface area (Å²) in [6, 6.07) is 12.6. The van der Waals surface area contributed by atoms with Crippen LogP contribution in [0.25, 0.3) is 0 Å². The zero-order valence-corrected chi connectivity index (χ0v) is 10.7. The molecular formula is C15H14FNO3. The Hall–Kier alpha value is -2.56. The highest BCUT2D eigenvalue weighted by atomic mass is 19.1. The quantitative estimate of drug-likeness (QED) is 0.673. The van der Waals surface area contributed by atoms with Crippen LogP contribution < -0.4 is 10.5 Å². The van der Waals surface area contributed by atoms with E-state index < -0.39 is 5.97 Å². The van der Waals surface area contributed by atoms with E-state index in [0.717, 1.165) is 0 Å². The fraction of sp³-hybridized carbons (Fsp3) is 0.133. The molecule has 4 nitrogen and oxygen atoms in total. The highest BCUT2D eigenvalue weighted by Crippen LogP contribution is 2.13. The number of esters is 1. The Bertz CT molecular complexity index is 584. The van der Waals surface area contributed by atoms with Crippen molar-refractivity contribution in [2.24, 2.45) is 0 Å². The summed E-state index contributed by atoms with van der Waals surface area (Å²) in [5.74, 6) is -0.357. The van der Waals surface area contributed by atoms with Gasteiger partial charge in [-0.2, -0.15) is 0 Å². The number of hydrogen-bond acceptors (Lipinski definition) is 4. The van der Waals surface area contributed by atoms with Gasteiger partial charge < -0.3 is 15.2 Å². The maximum absolute atomic E-state index is 12.9. The monoisotopic (exact) mass is 275 g/mol. The van der Waals surface area contributed by atoms with E-state index in [2.05, 4.69) is 0 Å². The summed E-state index contributed by atoms with van der Waals surface area (Å²) in [6.45, 7) is -0.194.